The van der Waals surface area contributed by atoms with E-state index in [1.807, 2.05) is 30.3 Å². The van der Waals surface area contributed by atoms with E-state index in [1.165, 1.54) is 14.2 Å². The summed E-state index contributed by atoms with van der Waals surface area (Å²) in [5.41, 5.74) is 2.33. The molecule has 0 aliphatic carbocycles. The summed E-state index contributed by atoms with van der Waals surface area (Å²) in [5, 5.41) is 1.01. The molecular formula is C25H31BrO5. The molecule has 0 saturated heterocycles. The van der Waals surface area contributed by atoms with Crippen molar-refractivity contribution < 1.29 is 23.8 Å². The zero-order chi connectivity index (χ0) is 22.5. The molecule has 5 nitrogen and oxygen atoms in total. The second-order valence-corrected chi connectivity index (χ2v) is 8.20. The van der Waals surface area contributed by atoms with Crippen LogP contribution in [0.25, 0.3) is 0 Å². The standard InChI is InChI=1S/C25H31BrO5/c1-29-24(27)21-13-9-10-19(16-21)18-31-23-14-7-6-11-20(23)17-22(25(28)30-2)12-5-3-4-8-15-26/h6-7,9-11,13-14,16,22H,3-5,8,12,15,17-18H2,1-2H3. The highest BCUT2D eigenvalue weighted by Crippen LogP contribution is 2.26. The van der Waals surface area contributed by atoms with Crippen LogP contribution in [0.5, 0.6) is 5.75 Å². The van der Waals surface area contributed by atoms with Crippen LogP contribution in [0.4, 0.5) is 0 Å². The zero-order valence-corrected chi connectivity index (χ0v) is 19.9. The van der Waals surface area contributed by atoms with Crippen molar-refractivity contribution in [2.45, 2.75) is 45.1 Å². The molecule has 1 unspecified atom stereocenters. The molecule has 0 aliphatic rings. The molecule has 2 aromatic rings. The summed E-state index contributed by atoms with van der Waals surface area (Å²) in [5.74, 6) is -0.0130. The van der Waals surface area contributed by atoms with Crippen LogP contribution in [0, 0.1) is 5.92 Å². The Bertz CT molecular complexity index is 836. The third-order valence-corrected chi connectivity index (χ3v) is 5.71. The van der Waals surface area contributed by atoms with Gasteiger partial charge in [-0.15, -0.1) is 0 Å². The van der Waals surface area contributed by atoms with Gasteiger partial charge < -0.3 is 14.2 Å². The van der Waals surface area contributed by atoms with Gasteiger partial charge in [0.05, 0.1) is 25.7 Å². The van der Waals surface area contributed by atoms with Crippen LogP contribution in [0.1, 0.15) is 53.6 Å². The first-order valence-electron chi connectivity index (χ1n) is 10.6. The fourth-order valence-electron chi connectivity index (χ4n) is 3.45. The molecular weight excluding hydrogens is 460 g/mol. The summed E-state index contributed by atoms with van der Waals surface area (Å²) >= 11 is 3.45. The number of carbonyl (C=O) groups is 2. The fourth-order valence-corrected chi connectivity index (χ4v) is 3.85. The van der Waals surface area contributed by atoms with Crippen LogP contribution in [-0.4, -0.2) is 31.5 Å². The lowest BCUT2D eigenvalue weighted by molar-refractivity contribution is -0.145. The number of carbonyl (C=O) groups excluding carboxylic acids is 2. The minimum absolute atomic E-state index is 0.180. The van der Waals surface area contributed by atoms with Crippen LogP contribution in [0.2, 0.25) is 0 Å². The average Bonchev–Trinajstić information content (AvgIpc) is 2.81. The number of unbranched alkanes of at least 4 members (excludes halogenated alkanes) is 3. The normalized spacial score (nSPS) is 11.6. The van der Waals surface area contributed by atoms with Crippen molar-refractivity contribution in [3.05, 3.63) is 65.2 Å². The van der Waals surface area contributed by atoms with Crippen molar-refractivity contribution in [3.8, 4) is 5.75 Å². The molecule has 0 aliphatic heterocycles. The van der Waals surface area contributed by atoms with Gasteiger partial charge in [0.15, 0.2) is 0 Å². The van der Waals surface area contributed by atoms with Crippen LogP contribution < -0.4 is 4.74 Å². The maximum absolute atomic E-state index is 12.3. The molecule has 2 rings (SSSR count). The first-order chi connectivity index (χ1) is 15.1. The van der Waals surface area contributed by atoms with Crippen LogP contribution in [0.15, 0.2) is 48.5 Å². The lowest BCUT2D eigenvalue weighted by atomic mass is 9.93. The van der Waals surface area contributed by atoms with Gasteiger partial charge in [-0.3, -0.25) is 4.79 Å². The molecule has 0 saturated carbocycles. The van der Waals surface area contributed by atoms with Crippen molar-refractivity contribution in [1.29, 1.82) is 0 Å². The third kappa shape index (κ3) is 8.37. The van der Waals surface area contributed by atoms with E-state index in [0.717, 1.165) is 54.3 Å². The number of hydrogen-bond donors (Lipinski definition) is 0. The summed E-state index contributed by atoms with van der Waals surface area (Å²) < 4.78 is 15.9. The van der Waals surface area contributed by atoms with E-state index < -0.39 is 0 Å². The van der Waals surface area contributed by atoms with E-state index in [9.17, 15) is 9.59 Å². The number of hydrogen-bond acceptors (Lipinski definition) is 5. The Hall–Kier alpha value is -2.34. The summed E-state index contributed by atoms with van der Waals surface area (Å²) in [6, 6.07) is 14.9. The van der Waals surface area contributed by atoms with Crippen molar-refractivity contribution in [2.75, 3.05) is 19.5 Å². The van der Waals surface area contributed by atoms with Gasteiger partial charge in [0.1, 0.15) is 12.4 Å². The lowest BCUT2D eigenvalue weighted by Gasteiger charge is -2.17. The number of esters is 2. The van der Waals surface area contributed by atoms with Gasteiger partial charge in [0.25, 0.3) is 0 Å². The topological polar surface area (TPSA) is 61.8 Å². The minimum Gasteiger partial charge on any atom is -0.489 e. The van der Waals surface area contributed by atoms with E-state index in [-0.39, 0.29) is 17.9 Å². The quantitative estimate of drug-likeness (QED) is 0.204. The Labute approximate surface area is 193 Å². The zero-order valence-electron chi connectivity index (χ0n) is 18.3. The molecule has 0 amide bonds. The predicted molar refractivity (Wildman–Crippen MR) is 125 cm³/mol. The van der Waals surface area contributed by atoms with Crippen molar-refractivity contribution >= 4 is 27.9 Å². The molecule has 0 bridgehead atoms. The fraction of sp³-hybridized carbons (Fsp3) is 0.440. The van der Waals surface area contributed by atoms with Crippen molar-refractivity contribution in [2.24, 2.45) is 5.92 Å². The van der Waals surface area contributed by atoms with Crippen molar-refractivity contribution in [3.63, 3.8) is 0 Å². The smallest absolute Gasteiger partial charge is 0.337 e. The molecule has 2 aromatic carbocycles. The van der Waals surface area contributed by atoms with Gasteiger partial charge in [-0.1, -0.05) is 65.5 Å². The van der Waals surface area contributed by atoms with E-state index in [2.05, 4.69) is 15.9 Å². The first kappa shape index (κ1) is 24.9. The first-order valence-corrected chi connectivity index (χ1v) is 11.7. The number of benzene rings is 2. The van der Waals surface area contributed by atoms with Gasteiger partial charge in [-0.2, -0.15) is 0 Å². The molecule has 0 radical (unpaired) electrons. The second kappa shape index (κ2) is 13.9. The van der Waals surface area contributed by atoms with Gasteiger partial charge in [-0.05, 0) is 48.6 Å². The molecule has 1 atom stereocenters. The molecule has 31 heavy (non-hydrogen) atoms. The van der Waals surface area contributed by atoms with E-state index >= 15 is 0 Å². The van der Waals surface area contributed by atoms with Gasteiger partial charge >= 0.3 is 11.9 Å². The monoisotopic (exact) mass is 490 g/mol. The Morgan fingerprint density at radius 1 is 0.935 bits per heavy atom. The Morgan fingerprint density at radius 3 is 2.45 bits per heavy atom. The van der Waals surface area contributed by atoms with Gasteiger partial charge in [-0.25, -0.2) is 4.79 Å². The summed E-state index contributed by atoms with van der Waals surface area (Å²) in [7, 11) is 2.80. The SMILES string of the molecule is COC(=O)c1cccc(COc2ccccc2CC(CCCCCCBr)C(=O)OC)c1. The Morgan fingerprint density at radius 2 is 1.71 bits per heavy atom. The maximum Gasteiger partial charge on any atom is 0.337 e. The number of para-hydroxylation sites is 1. The number of ether oxygens (including phenoxy) is 3. The summed E-state index contributed by atoms with van der Waals surface area (Å²) in [4.78, 5) is 24.1. The number of alkyl halides is 1. The molecule has 168 valence electrons. The van der Waals surface area contributed by atoms with Crippen LogP contribution >= 0.6 is 15.9 Å². The molecule has 6 heteroatoms. The summed E-state index contributed by atoms with van der Waals surface area (Å²) in [6.45, 7) is 0.317. The van der Waals surface area contributed by atoms with E-state index in [4.69, 9.17) is 14.2 Å². The number of rotatable bonds is 13. The average molecular weight is 491 g/mol. The molecule has 0 spiro atoms. The Balaban J connectivity index is 2.04. The molecule has 0 fully saturated rings. The predicted octanol–water partition coefficient (Wildman–Crippen LogP) is 5.73. The molecule has 0 heterocycles. The minimum atomic E-state index is -0.376. The van der Waals surface area contributed by atoms with Gasteiger partial charge in [0, 0.05) is 5.33 Å². The highest BCUT2D eigenvalue weighted by Gasteiger charge is 2.21. The van der Waals surface area contributed by atoms with Crippen LogP contribution in [-0.2, 0) is 27.3 Å². The second-order valence-electron chi connectivity index (χ2n) is 7.40. The molecule has 0 aromatic heterocycles. The van der Waals surface area contributed by atoms with Crippen molar-refractivity contribution in [1.82, 2.24) is 0 Å². The van der Waals surface area contributed by atoms with E-state index in [1.54, 1.807) is 18.2 Å². The Kier molecular flexibility index (Phi) is 11.1. The van der Waals surface area contributed by atoms with Gasteiger partial charge in [0.2, 0.25) is 0 Å². The highest BCUT2D eigenvalue weighted by molar-refractivity contribution is 9.09. The highest BCUT2D eigenvalue weighted by atomic mass is 79.9. The number of halogens is 1. The summed E-state index contributed by atoms with van der Waals surface area (Å²) in [6.07, 6.45) is 5.78. The third-order valence-electron chi connectivity index (χ3n) is 5.15. The van der Waals surface area contributed by atoms with Crippen LogP contribution in [0.3, 0.4) is 0 Å². The largest absolute Gasteiger partial charge is 0.489 e. The van der Waals surface area contributed by atoms with E-state index in [0.29, 0.717) is 18.6 Å². The maximum atomic E-state index is 12.3. The molecule has 0 N–H and O–H groups in total. The number of methoxy groups -OCH3 is 2. The lowest BCUT2D eigenvalue weighted by Crippen LogP contribution is -2.19.